The van der Waals surface area contributed by atoms with Crippen LogP contribution in [0.1, 0.15) is 25.8 Å². The fraction of sp³-hybridized carbons (Fsp3) is 0.500. The third-order valence-corrected chi connectivity index (χ3v) is 6.29. The minimum absolute atomic E-state index is 0.201. The van der Waals surface area contributed by atoms with Crippen LogP contribution in [0.2, 0.25) is 0 Å². The van der Waals surface area contributed by atoms with E-state index in [0.717, 1.165) is 33.8 Å². The van der Waals surface area contributed by atoms with Gasteiger partial charge in [-0.15, -0.1) is 10.2 Å². The van der Waals surface area contributed by atoms with Gasteiger partial charge >= 0.3 is 0 Å². The molecule has 0 aliphatic carbocycles. The van der Waals surface area contributed by atoms with E-state index in [-0.39, 0.29) is 5.91 Å². The molecule has 1 saturated heterocycles. The van der Waals surface area contributed by atoms with Crippen molar-refractivity contribution in [1.29, 1.82) is 0 Å². The van der Waals surface area contributed by atoms with Crippen molar-refractivity contribution in [1.82, 2.24) is 15.1 Å². The Morgan fingerprint density at radius 1 is 1.28 bits per heavy atom. The van der Waals surface area contributed by atoms with Gasteiger partial charge in [-0.3, -0.25) is 4.79 Å². The number of hydrogen-bond acceptors (Lipinski definition) is 6. The number of benzene rings is 1. The zero-order chi connectivity index (χ0) is 17.8. The Labute approximate surface area is 157 Å². The van der Waals surface area contributed by atoms with E-state index in [9.17, 15) is 4.79 Å². The summed E-state index contributed by atoms with van der Waals surface area (Å²) in [7, 11) is 0. The highest BCUT2D eigenvalue weighted by atomic mass is 32.2. The molecular weight excluding hydrogens is 352 g/mol. The number of carbonyl (C=O) groups excluding carboxylic acids is 1. The van der Waals surface area contributed by atoms with E-state index in [1.54, 1.807) is 0 Å². The molecule has 0 spiro atoms. The van der Waals surface area contributed by atoms with Gasteiger partial charge in [0.15, 0.2) is 4.34 Å². The molecule has 1 aliphatic heterocycles. The fourth-order valence-electron chi connectivity index (χ4n) is 3.23. The maximum Gasteiger partial charge on any atom is 0.233 e. The molecule has 1 aromatic carbocycles. The zero-order valence-electron chi connectivity index (χ0n) is 14.9. The third kappa shape index (κ3) is 4.95. The molecule has 2 aromatic rings. The average molecular weight is 377 g/mol. The standard InChI is InChI=1S/C18H24N4OS2/c1-12-8-13(2)10-22(9-12)16(23)11-24-18-21-20-17(25-18)19-15-7-5-4-6-14(15)3/h4-7,12-13H,8-11H2,1-3H3,(H,19,20)/t12-,13-/m1/s1. The van der Waals surface area contributed by atoms with Crippen LogP contribution in [-0.4, -0.2) is 39.8 Å². The quantitative estimate of drug-likeness (QED) is 0.793. The predicted molar refractivity (Wildman–Crippen MR) is 105 cm³/mol. The molecule has 2 heterocycles. The summed E-state index contributed by atoms with van der Waals surface area (Å²) in [6, 6.07) is 8.07. The van der Waals surface area contributed by atoms with E-state index < -0.39 is 0 Å². The van der Waals surface area contributed by atoms with Gasteiger partial charge in [0.1, 0.15) is 0 Å². The zero-order valence-corrected chi connectivity index (χ0v) is 16.5. The summed E-state index contributed by atoms with van der Waals surface area (Å²) in [4.78, 5) is 14.5. The first-order chi connectivity index (χ1) is 12.0. The molecule has 25 heavy (non-hydrogen) atoms. The number of amides is 1. The monoisotopic (exact) mass is 376 g/mol. The van der Waals surface area contributed by atoms with Crippen LogP contribution in [0.4, 0.5) is 10.8 Å². The molecule has 1 N–H and O–H groups in total. The van der Waals surface area contributed by atoms with Crippen LogP contribution in [0, 0.1) is 18.8 Å². The molecule has 0 bridgehead atoms. The summed E-state index contributed by atoms with van der Waals surface area (Å²) in [5, 5.41) is 12.4. The Balaban J connectivity index is 1.53. The van der Waals surface area contributed by atoms with Gasteiger partial charge in [-0.1, -0.05) is 55.1 Å². The van der Waals surface area contributed by atoms with Gasteiger partial charge in [-0.05, 0) is 36.8 Å². The molecule has 0 radical (unpaired) electrons. The lowest BCUT2D eigenvalue weighted by Gasteiger charge is -2.34. The number of carbonyl (C=O) groups is 1. The molecule has 0 saturated carbocycles. The van der Waals surface area contributed by atoms with Crippen molar-refractivity contribution in [3.8, 4) is 0 Å². The summed E-state index contributed by atoms with van der Waals surface area (Å²) in [5.74, 6) is 1.80. The van der Waals surface area contributed by atoms with Crippen molar-refractivity contribution < 1.29 is 4.79 Å². The molecule has 2 atom stereocenters. The Morgan fingerprint density at radius 3 is 2.72 bits per heavy atom. The predicted octanol–water partition coefficient (Wildman–Crippen LogP) is 4.19. The number of piperidine rings is 1. The van der Waals surface area contributed by atoms with Crippen molar-refractivity contribution in [3.05, 3.63) is 29.8 Å². The van der Waals surface area contributed by atoms with Gasteiger partial charge in [-0.25, -0.2) is 0 Å². The summed E-state index contributed by atoms with van der Waals surface area (Å²) >= 11 is 2.96. The molecule has 1 amide bonds. The molecule has 3 rings (SSSR count). The van der Waals surface area contributed by atoms with E-state index >= 15 is 0 Å². The number of aromatic nitrogens is 2. The summed E-state index contributed by atoms with van der Waals surface area (Å²) in [6.45, 7) is 8.24. The number of aryl methyl sites for hydroxylation is 1. The number of nitrogens with one attached hydrogen (secondary N) is 1. The highest BCUT2D eigenvalue weighted by Gasteiger charge is 2.25. The van der Waals surface area contributed by atoms with Gasteiger partial charge in [0.05, 0.1) is 5.75 Å². The van der Waals surface area contributed by atoms with E-state index in [4.69, 9.17) is 0 Å². The molecule has 5 nitrogen and oxygen atoms in total. The number of rotatable bonds is 5. The number of para-hydroxylation sites is 1. The van der Waals surface area contributed by atoms with Gasteiger partial charge in [0.2, 0.25) is 11.0 Å². The Bertz CT molecular complexity index is 723. The van der Waals surface area contributed by atoms with Crippen molar-refractivity contribution in [3.63, 3.8) is 0 Å². The van der Waals surface area contributed by atoms with Crippen LogP contribution in [0.15, 0.2) is 28.6 Å². The Morgan fingerprint density at radius 2 is 2.00 bits per heavy atom. The van der Waals surface area contributed by atoms with Crippen LogP contribution in [0.25, 0.3) is 0 Å². The van der Waals surface area contributed by atoms with Crippen LogP contribution in [0.5, 0.6) is 0 Å². The SMILES string of the molecule is Cc1ccccc1Nc1nnc(SCC(=O)N2C[C@H](C)C[C@@H](C)C2)s1. The lowest BCUT2D eigenvalue weighted by atomic mass is 9.92. The molecule has 134 valence electrons. The maximum atomic E-state index is 12.5. The normalized spacial score (nSPS) is 20.5. The van der Waals surface area contributed by atoms with Gasteiger partial charge in [-0.2, -0.15) is 0 Å². The topological polar surface area (TPSA) is 58.1 Å². The highest BCUT2D eigenvalue weighted by molar-refractivity contribution is 8.01. The minimum Gasteiger partial charge on any atom is -0.341 e. The van der Waals surface area contributed by atoms with Crippen molar-refractivity contribution in [2.24, 2.45) is 11.8 Å². The van der Waals surface area contributed by atoms with Crippen LogP contribution >= 0.6 is 23.1 Å². The first kappa shape index (κ1) is 18.2. The second kappa shape index (κ2) is 8.19. The Kier molecular flexibility index (Phi) is 5.96. The molecule has 7 heteroatoms. The molecular formula is C18H24N4OS2. The van der Waals surface area contributed by atoms with Crippen molar-refractivity contribution in [2.75, 3.05) is 24.2 Å². The number of nitrogens with zero attached hydrogens (tertiary/aromatic N) is 3. The Hall–Kier alpha value is -1.60. The molecule has 1 aliphatic rings. The van der Waals surface area contributed by atoms with Crippen LogP contribution in [-0.2, 0) is 4.79 Å². The molecule has 0 unspecified atom stereocenters. The number of hydrogen-bond donors (Lipinski definition) is 1. The van der Waals surface area contributed by atoms with Gasteiger partial charge in [0, 0.05) is 18.8 Å². The van der Waals surface area contributed by atoms with E-state index in [0.29, 0.717) is 17.6 Å². The van der Waals surface area contributed by atoms with E-state index in [1.807, 2.05) is 23.1 Å². The second-order valence-corrected chi connectivity index (χ2v) is 9.05. The first-order valence-electron chi connectivity index (χ1n) is 8.58. The van der Waals surface area contributed by atoms with Crippen LogP contribution in [0.3, 0.4) is 0 Å². The lowest BCUT2D eigenvalue weighted by molar-refractivity contribution is -0.130. The number of likely N-dealkylation sites (tertiary alicyclic amines) is 1. The van der Waals surface area contributed by atoms with Gasteiger partial charge in [0.25, 0.3) is 0 Å². The van der Waals surface area contributed by atoms with Crippen molar-refractivity contribution in [2.45, 2.75) is 31.5 Å². The van der Waals surface area contributed by atoms with E-state index in [1.165, 1.54) is 29.5 Å². The first-order valence-corrected chi connectivity index (χ1v) is 10.4. The highest BCUT2D eigenvalue weighted by Crippen LogP contribution is 2.29. The number of thioether (sulfide) groups is 1. The van der Waals surface area contributed by atoms with E-state index in [2.05, 4.69) is 42.4 Å². The second-order valence-electron chi connectivity index (χ2n) is 6.85. The van der Waals surface area contributed by atoms with Crippen molar-refractivity contribution >= 4 is 39.8 Å². The molecule has 1 aromatic heterocycles. The summed E-state index contributed by atoms with van der Waals surface area (Å²) in [6.07, 6.45) is 1.21. The lowest BCUT2D eigenvalue weighted by Crippen LogP contribution is -2.43. The maximum absolute atomic E-state index is 12.5. The summed E-state index contributed by atoms with van der Waals surface area (Å²) in [5.41, 5.74) is 2.19. The largest absolute Gasteiger partial charge is 0.341 e. The number of anilines is 2. The molecule has 1 fully saturated rings. The fourth-order valence-corrected chi connectivity index (χ4v) is 4.90. The van der Waals surface area contributed by atoms with Gasteiger partial charge < -0.3 is 10.2 Å². The third-order valence-electron chi connectivity index (χ3n) is 4.33. The van der Waals surface area contributed by atoms with Crippen LogP contribution < -0.4 is 5.32 Å². The summed E-state index contributed by atoms with van der Waals surface area (Å²) < 4.78 is 0.822. The average Bonchev–Trinajstić information content (AvgIpc) is 3.01. The smallest absolute Gasteiger partial charge is 0.233 e. The minimum atomic E-state index is 0.201.